The number of aliphatic hydroxyl groups excluding tert-OH is 2. The molecule has 102 valence electrons. The summed E-state index contributed by atoms with van der Waals surface area (Å²) in [6.45, 7) is 1.67. The van der Waals surface area contributed by atoms with Crippen molar-refractivity contribution in [1.82, 2.24) is 0 Å². The van der Waals surface area contributed by atoms with Gasteiger partial charge in [-0.1, -0.05) is 17.7 Å². The number of nitrogens with two attached hydrogens (primary N) is 2. The van der Waals surface area contributed by atoms with E-state index in [1.54, 1.807) is 0 Å². The molecule has 0 aliphatic heterocycles. The fourth-order valence-electron chi connectivity index (χ4n) is 1.94. The molecule has 1 aromatic rings. The number of aromatic hydroxyl groups is 1. The first-order chi connectivity index (χ1) is 8.47. The maximum Gasteiger partial charge on any atom is 0.122 e. The predicted octanol–water partition coefficient (Wildman–Crippen LogP) is -0.575. The van der Waals surface area contributed by atoms with E-state index in [4.69, 9.17) is 21.7 Å². The van der Waals surface area contributed by atoms with Crippen molar-refractivity contribution in [3.8, 4) is 5.75 Å². The first-order valence-electron chi connectivity index (χ1n) is 6.02. The van der Waals surface area contributed by atoms with Gasteiger partial charge >= 0.3 is 0 Å². The molecule has 0 radical (unpaired) electrons. The number of rotatable bonds is 6. The highest BCUT2D eigenvalue weighted by molar-refractivity contribution is 5.44. The maximum atomic E-state index is 10.1. The van der Waals surface area contributed by atoms with Gasteiger partial charge in [0.1, 0.15) is 5.75 Å². The molecule has 1 aromatic carbocycles. The van der Waals surface area contributed by atoms with Crippen LogP contribution in [0.25, 0.3) is 0 Å². The van der Waals surface area contributed by atoms with Gasteiger partial charge in [0.2, 0.25) is 0 Å². The molecule has 0 spiro atoms. The Balaban J connectivity index is 2.98. The molecule has 0 heterocycles. The van der Waals surface area contributed by atoms with Gasteiger partial charge in [-0.3, -0.25) is 0 Å². The minimum absolute atomic E-state index is 0.126. The normalized spacial score (nSPS) is 14.5. The van der Waals surface area contributed by atoms with Gasteiger partial charge < -0.3 is 26.8 Å². The van der Waals surface area contributed by atoms with Gasteiger partial charge in [0.25, 0.3) is 0 Å². The molecule has 5 heteroatoms. The molecular formula is C13H22N2O3. The van der Waals surface area contributed by atoms with Crippen molar-refractivity contribution in [3.63, 3.8) is 0 Å². The number of aryl methyl sites for hydroxylation is 1. The molecule has 0 bridgehead atoms. The van der Waals surface area contributed by atoms with Crippen LogP contribution in [0.3, 0.4) is 0 Å². The van der Waals surface area contributed by atoms with Gasteiger partial charge in [-0.2, -0.15) is 0 Å². The van der Waals surface area contributed by atoms with Gasteiger partial charge in [0.15, 0.2) is 0 Å². The van der Waals surface area contributed by atoms with Crippen molar-refractivity contribution < 1.29 is 15.3 Å². The van der Waals surface area contributed by atoms with E-state index >= 15 is 0 Å². The van der Waals surface area contributed by atoms with E-state index in [0.717, 1.165) is 5.56 Å². The number of hydrogen-bond acceptors (Lipinski definition) is 5. The lowest BCUT2D eigenvalue weighted by molar-refractivity contribution is 0.263. The van der Waals surface area contributed by atoms with Crippen LogP contribution in [-0.4, -0.2) is 40.6 Å². The van der Waals surface area contributed by atoms with E-state index in [1.165, 1.54) is 0 Å². The number of aliphatic hydroxyl groups is 2. The van der Waals surface area contributed by atoms with Crippen molar-refractivity contribution in [1.29, 1.82) is 0 Å². The lowest BCUT2D eigenvalue weighted by Gasteiger charge is -2.16. The molecule has 1 rings (SSSR count). The Morgan fingerprint density at radius 3 is 1.72 bits per heavy atom. The predicted molar refractivity (Wildman–Crippen MR) is 70.4 cm³/mol. The lowest BCUT2D eigenvalue weighted by atomic mass is 9.96. The molecule has 7 N–H and O–H groups in total. The molecule has 0 saturated heterocycles. The fraction of sp³-hybridized carbons (Fsp3) is 0.538. The summed E-state index contributed by atoms with van der Waals surface area (Å²) >= 11 is 0. The molecule has 0 aliphatic carbocycles. The van der Waals surface area contributed by atoms with E-state index in [1.807, 2.05) is 19.1 Å². The van der Waals surface area contributed by atoms with E-state index in [-0.39, 0.29) is 19.0 Å². The third kappa shape index (κ3) is 3.96. The van der Waals surface area contributed by atoms with Crippen molar-refractivity contribution in [2.45, 2.75) is 31.8 Å². The minimum Gasteiger partial charge on any atom is -0.507 e. The van der Waals surface area contributed by atoms with Crippen LogP contribution < -0.4 is 11.5 Å². The molecule has 5 nitrogen and oxygen atoms in total. The zero-order valence-electron chi connectivity index (χ0n) is 10.6. The van der Waals surface area contributed by atoms with Crippen LogP contribution in [0.2, 0.25) is 0 Å². The largest absolute Gasteiger partial charge is 0.507 e. The Morgan fingerprint density at radius 2 is 1.39 bits per heavy atom. The molecular weight excluding hydrogens is 232 g/mol. The van der Waals surface area contributed by atoms with Crippen LogP contribution in [0.15, 0.2) is 12.1 Å². The molecule has 0 fully saturated rings. The van der Waals surface area contributed by atoms with Crippen molar-refractivity contribution >= 4 is 0 Å². The molecule has 0 aromatic heterocycles. The Kier molecular flexibility index (Phi) is 5.55. The summed E-state index contributed by atoms with van der Waals surface area (Å²) in [5, 5.41) is 28.0. The fourth-order valence-corrected chi connectivity index (χ4v) is 1.94. The Hall–Kier alpha value is -1.14. The van der Waals surface area contributed by atoms with Gasteiger partial charge in [-0.15, -0.1) is 0 Å². The van der Waals surface area contributed by atoms with Crippen molar-refractivity contribution in [2.24, 2.45) is 11.5 Å². The highest BCUT2D eigenvalue weighted by Gasteiger charge is 2.13. The lowest BCUT2D eigenvalue weighted by Crippen LogP contribution is -2.28. The molecule has 0 aliphatic rings. The van der Waals surface area contributed by atoms with Gasteiger partial charge in [-0.25, -0.2) is 0 Å². The van der Waals surface area contributed by atoms with Crippen LogP contribution in [-0.2, 0) is 12.8 Å². The second-order valence-corrected chi connectivity index (χ2v) is 4.73. The summed E-state index contributed by atoms with van der Waals surface area (Å²) in [6, 6.07) is 2.91. The van der Waals surface area contributed by atoms with Gasteiger partial charge in [0, 0.05) is 12.1 Å². The van der Waals surface area contributed by atoms with Crippen LogP contribution in [0, 0.1) is 6.92 Å². The average molecular weight is 254 g/mol. The van der Waals surface area contributed by atoms with E-state index in [9.17, 15) is 5.11 Å². The van der Waals surface area contributed by atoms with E-state index in [2.05, 4.69) is 0 Å². The summed E-state index contributed by atoms with van der Waals surface area (Å²) in [7, 11) is 0. The van der Waals surface area contributed by atoms with Gasteiger partial charge in [0.05, 0.1) is 13.2 Å². The van der Waals surface area contributed by atoms with Gasteiger partial charge in [-0.05, 0) is 30.9 Å². The topological polar surface area (TPSA) is 113 Å². The first-order valence-corrected chi connectivity index (χ1v) is 6.02. The maximum absolute atomic E-state index is 10.1. The third-order valence-corrected chi connectivity index (χ3v) is 2.85. The highest BCUT2D eigenvalue weighted by Crippen LogP contribution is 2.26. The van der Waals surface area contributed by atoms with Crippen LogP contribution in [0.4, 0.5) is 0 Å². The number of benzene rings is 1. The third-order valence-electron chi connectivity index (χ3n) is 2.85. The summed E-state index contributed by atoms with van der Waals surface area (Å²) in [4.78, 5) is 0. The summed E-state index contributed by atoms with van der Waals surface area (Å²) < 4.78 is 0. The minimum atomic E-state index is -0.392. The zero-order chi connectivity index (χ0) is 13.7. The summed E-state index contributed by atoms with van der Waals surface area (Å²) in [6.07, 6.45) is 0.816. The SMILES string of the molecule is Cc1cc(CC(N)CO)c(O)c(CC(N)CO)c1. The summed E-state index contributed by atoms with van der Waals surface area (Å²) in [5.74, 6) is 0.161. The summed E-state index contributed by atoms with van der Waals surface area (Å²) in [5.41, 5.74) is 13.8. The van der Waals surface area contributed by atoms with Crippen molar-refractivity contribution in [3.05, 3.63) is 28.8 Å². The Bertz CT molecular complexity index is 363. The number of hydrogen-bond donors (Lipinski definition) is 5. The number of phenolic OH excluding ortho intramolecular Hbond substituents is 1. The quantitative estimate of drug-likeness (QED) is 0.466. The van der Waals surface area contributed by atoms with Crippen molar-refractivity contribution in [2.75, 3.05) is 13.2 Å². The molecule has 2 atom stereocenters. The van der Waals surface area contributed by atoms with Crippen LogP contribution >= 0.6 is 0 Å². The molecule has 0 saturated carbocycles. The molecule has 18 heavy (non-hydrogen) atoms. The van der Waals surface area contributed by atoms with Crippen LogP contribution in [0.5, 0.6) is 5.75 Å². The molecule has 2 unspecified atom stereocenters. The number of phenols is 1. The standard InChI is InChI=1S/C13H22N2O3/c1-8-2-9(4-11(14)6-16)13(18)10(3-8)5-12(15)7-17/h2-3,11-12,16-18H,4-7,14-15H2,1H3. The smallest absolute Gasteiger partial charge is 0.122 e. The average Bonchev–Trinajstić information content (AvgIpc) is 2.34. The Morgan fingerprint density at radius 1 is 1.00 bits per heavy atom. The van der Waals surface area contributed by atoms with E-state index < -0.39 is 12.1 Å². The zero-order valence-corrected chi connectivity index (χ0v) is 10.6. The monoisotopic (exact) mass is 254 g/mol. The molecule has 0 amide bonds. The first kappa shape index (κ1) is 14.9. The van der Waals surface area contributed by atoms with E-state index in [0.29, 0.717) is 24.0 Å². The highest BCUT2D eigenvalue weighted by atomic mass is 16.3. The van der Waals surface area contributed by atoms with Crippen LogP contribution in [0.1, 0.15) is 16.7 Å². The second kappa shape index (κ2) is 6.70. The Labute approximate surface area is 107 Å². The second-order valence-electron chi connectivity index (χ2n) is 4.73.